The summed E-state index contributed by atoms with van der Waals surface area (Å²) in [6.07, 6.45) is 21.4. The van der Waals surface area contributed by atoms with E-state index in [0.29, 0.717) is 0 Å². The monoisotopic (exact) mass is 282 g/mol. The van der Waals surface area contributed by atoms with Crippen LogP contribution in [0.2, 0.25) is 0 Å². The van der Waals surface area contributed by atoms with Crippen LogP contribution in [0.4, 0.5) is 0 Å². The van der Waals surface area contributed by atoms with Gasteiger partial charge in [0, 0.05) is 0 Å². The van der Waals surface area contributed by atoms with Gasteiger partial charge in [-0.3, -0.25) is 0 Å². The van der Waals surface area contributed by atoms with Crippen molar-refractivity contribution >= 4 is 0 Å². The molecule has 0 aliphatic heterocycles. The Labute approximate surface area is 130 Å². The van der Waals surface area contributed by atoms with Crippen molar-refractivity contribution in [2.75, 3.05) is 0 Å². The summed E-state index contributed by atoms with van der Waals surface area (Å²) in [6.45, 7) is 8.00. The first-order chi connectivity index (χ1) is 9.97. The highest BCUT2D eigenvalue weighted by Gasteiger charge is 2.22. The van der Waals surface area contributed by atoms with Crippen LogP contribution in [0.15, 0.2) is 0 Å². The molecule has 2 fully saturated rings. The third kappa shape index (κ3) is 9.03. The van der Waals surface area contributed by atoms with Crippen LogP contribution < -0.4 is 0 Å². The third-order valence-corrected chi connectivity index (χ3v) is 4.97. The molecule has 0 nitrogen and oxygen atoms in total. The van der Waals surface area contributed by atoms with E-state index in [1.54, 1.807) is 25.7 Å². The third-order valence-electron chi connectivity index (χ3n) is 4.97. The first kappa shape index (κ1) is 20.0. The van der Waals surface area contributed by atoms with Gasteiger partial charge in [0.2, 0.25) is 0 Å². The van der Waals surface area contributed by atoms with E-state index in [9.17, 15) is 0 Å². The molecule has 2 aliphatic rings. The van der Waals surface area contributed by atoms with Crippen LogP contribution in [-0.2, 0) is 0 Å². The largest absolute Gasteiger partial charge is 0.0683 e. The van der Waals surface area contributed by atoms with Crippen molar-refractivity contribution < 1.29 is 0 Å². The summed E-state index contributed by atoms with van der Waals surface area (Å²) < 4.78 is 0. The zero-order valence-electron chi connectivity index (χ0n) is 15.1. The fourth-order valence-electron chi connectivity index (χ4n) is 3.92. The molecular formula is C20H42. The molecule has 0 saturated heterocycles. The first-order valence-corrected chi connectivity index (χ1v) is 9.97. The Balaban J connectivity index is 0.000000829. The molecule has 0 N–H and O–H groups in total. The minimum atomic E-state index is 1.11. The molecule has 0 aromatic carbocycles. The average molecular weight is 283 g/mol. The van der Waals surface area contributed by atoms with Gasteiger partial charge in [0.05, 0.1) is 0 Å². The number of rotatable bonds is 1. The predicted octanol–water partition coefficient (Wildman–Crippen LogP) is 7.76. The zero-order chi connectivity index (χ0) is 15.1. The minimum Gasteiger partial charge on any atom is -0.0683 e. The molecule has 0 radical (unpaired) electrons. The summed E-state index contributed by atoms with van der Waals surface area (Å²) in [7, 11) is 0. The highest BCUT2D eigenvalue weighted by Crippen LogP contribution is 2.35. The molecule has 20 heavy (non-hydrogen) atoms. The Kier molecular flexibility index (Phi) is 15.4. The molecule has 0 unspecified atom stereocenters. The SMILES string of the molecule is C1CCCC(C2CCCCCCC2)CCC1.CC.CC. The van der Waals surface area contributed by atoms with Crippen molar-refractivity contribution in [3.05, 3.63) is 0 Å². The van der Waals surface area contributed by atoms with E-state index in [1.807, 2.05) is 27.7 Å². The summed E-state index contributed by atoms with van der Waals surface area (Å²) in [5.41, 5.74) is 0. The van der Waals surface area contributed by atoms with Gasteiger partial charge in [-0.1, -0.05) is 118 Å². The first-order valence-electron chi connectivity index (χ1n) is 9.97. The van der Waals surface area contributed by atoms with Gasteiger partial charge in [0.15, 0.2) is 0 Å². The van der Waals surface area contributed by atoms with Crippen LogP contribution in [0, 0.1) is 11.8 Å². The molecule has 0 aromatic heterocycles. The second kappa shape index (κ2) is 15.4. The van der Waals surface area contributed by atoms with Crippen molar-refractivity contribution in [3.63, 3.8) is 0 Å². The molecular weight excluding hydrogens is 240 g/mol. The number of hydrogen-bond donors (Lipinski definition) is 0. The van der Waals surface area contributed by atoms with E-state index >= 15 is 0 Å². The number of hydrogen-bond acceptors (Lipinski definition) is 0. The van der Waals surface area contributed by atoms with Gasteiger partial charge >= 0.3 is 0 Å². The molecule has 122 valence electrons. The van der Waals surface area contributed by atoms with E-state index in [1.165, 1.54) is 64.2 Å². The van der Waals surface area contributed by atoms with E-state index in [4.69, 9.17) is 0 Å². The van der Waals surface area contributed by atoms with Gasteiger partial charge < -0.3 is 0 Å². The average Bonchev–Trinajstić information content (AvgIpc) is 2.44. The van der Waals surface area contributed by atoms with Crippen molar-refractivity contribution in [1.82, 2.24) is 0 Å². The Bertz CT molecular complexity index is 137. The Hall–Kier alpha value is 0. The highest BCUT2D eigenvalue weighted by atomic mass is 14.3. The molecule has 2 rings (SSSR count). The highest BCUT2D eigenvalue weighted by molar-refractivity contribution is 4.74. The van der Waals surface area contributed by atoms with E-state index in [-0.39, 0.29) is 0 Å². The van der Waals surface area contributed by atoms with Crippen molar-refractivity contribution in [1.29, 1.82) is 0 Å². The molecule has 0 aromatic rings. The topological polar surface area (TPSA) is 0 Å². The Morgan fingerprint density at radius 3 is 0.800 bits per heavy atom. The Morgan fingerprint density at radius 2 is 0.550 bits per heavy atom. The minimum absolute atomic E-state index is 1.11. The molecule has 2 aliphatic carbocycles. The van der Waals surface area contributed by atoms with Crippen LogP contribution in [-0.4, -0.2) is 0 Å². The van der Waals surface area contributed by atoms with Gasteiger partial charge in [-0.15, -0.1) is 0 Å². The molecule has 2 saturated carbocycles. The van der Waals surface area contributed by atoms with Gasteiger partial charge in [-0.2, -0.15) is 0 Å². The molecule has 0 amide bonds. The van der Waals surface area contributed by atoms with Crippen LogP contribution in [0.3, 0.4) is 0 Å². The summed E-state index contributed by atoms with van der Waals surface area (Å²) in [4.78, 5) is 0. The lowest BCUT2D eigenvalue weighted by Gasteiger charge is -2.30. The van der Waals surface area contributed by atoms with E-state index < -0.39 is 0 Å². The second-order valence-electron chi connectivity index (χ2n) is 6.21. The van der Waals surface area contributed by atoms with Gasteiger partial charge in [0.1, 0.15) is 0 Å². The van der Waals surface area contributed by atoms with Crippen molar-refractivity contribution in [2.45, 2.75) is 118 Å². The Morgan fingerprint density at radius 1 is 0.350 bits per heavy atom. The van der Waals surface area contributed by atoms with Crippen molar-refractivity contribution in [3.8, 4) is 0 Å². The summed E-state index contributed by atoms with van der Waals surface area (Å²) in [5.74, 6) is 2.22. The smallest absolute Gasteiger partial charge is 0.0386 e. The maximum absolute atomic E-state index is 2.00. The van der Waals surface area contributed by atoms with Crippen LogP contribution in [0.25, 0.3) is 0 Å². The summed E-state index contributed by atoms with van der Waals surface area (Å²) >= 11 is 0. The molecule has 0 spiro atoms. The fraction of sp³-hybridized carbons (Fsp3) is 1.00. The van der Waals surface area contributed by atoms with Crippen molar-refractivity contribution in [2.24, 2.45) is 11.8 Å². The van der Waals surface area contributed by atoms with Gasteiger partial charge in [0.25, 0.3) is 0 Å². The maximum Gasteiger partial charge on any atom is -0.0386 e. The van der Waals surface area contributed by atoms with E-state index in [2.05, 4.69) is 0 Å². The molecule has 0 atom stereocenters. The second-order valence-corrected chi connectivity index (χ2v) is 6.21. The lowest BCUT2D eigenvalue weighted by Crippen LogP contribution is -2.17. The zero-order valence-corrected chi connectivity index (χ0v) is 15.1. The standard InChI is InChI=1S/C16H30.2C2H6/c1-3-7-11-15(12-8-4-1)16-13-9-5-2-6-10-14-16;2*1-2/h15-16H,1-14H2;2*1-2H3. The van der Waals surface area contributed by atoms with Gasteiger partial charge in [-0.05, 0) is 11.8 Å². The van der Waals surface area contributed by atoms with Crippen LogP contribution in [0.5, 0.6) is 0 Å². The molecule has 0 heterocycles. The van der Waals surface area contributed by atoms with Gasteiger partial charge in [-0.25, -0.2) is 0 Å². The maximum atomic E-state index is 2.00. The quantitative estimate of drug-likeness (QED) is 0.461. The summed E-state index contributed by atoms with van der Waals surface area (Å²) in [5, 5.41) is 0. The van der Waals surface area contributed by atoms with Crippen LogP contribution >= 0.6 is 0 Å². The molecule has 0 heteroatoms. The predicted molar refractivity (Wildman–Crippen MR) is 94.3 cm³/mol. The molecule has 0 bridgehead atoms. The lowest BCUT2D eigenvalue weighted by molar-refractivity contribution is 0.221. The van der Waals surface area contributed by atoms with E-state index in [0.717, 1.165) is 11.8 Å². The van der Waals surface area contributed by atoms with Crippen LogP contribution in [0.1, 0.15) is 118 Å². The lowest BCUT2D eigenvalue weighted by atomic mass is 9.76. The normalized spacial score (nSPS) is 22.8. The fourth-order valence-corrected chi connectivity index (χ4v) is 3.92. The summed E-state index contributed by atoms with van der Waals surface area (Å²) in [6, 6.07) is 0.